The number of aromatic nitrogens is 2. The molecule has 1 heterocycles. The van der Waals surface area contributed by atoms with Gasteiger partial charge in [0.2, 0.25) is 5.88 Å². The zero-order valence-electron chi connectivity index (χ0n) is 14.7. The molecule has 0 unspecified atom stereocenters. The highest BCUT2D eigenvalue weighted by Crippen LogP contribution is 2.38. The number of nitrogens with two attached hydrogens (primary N) is 1. The van der Waals surface area contributed by atoms with Crippen LogP contribution in [-0.4, -0.2) is 31.3 Å². The summed E-state index contributed by atoms with van der Waals surface area (Å²) in [5.74, 6) is 2.54. The number of hydrogen-bond donors (Lipinski definition) is 1. The minimum Gasteiger partial charge on any atom is -0.493 e. The van der Waals surface area contributed by atoms with Crippen LogP contribution in [0.1, 0.15) is 0 Å². The summed E-state index contributed by atoms with van der Waals surface area (Å²) in [6.45, 7) is 0. The van der Waals surface area contributed by atoms with Gasteiger partial charge in [-0.2, -0.15) is 4.98 Å². The van der Waals surface area contributed by atoms with Gasteiger partial charge in [0.05, 0.1) is 21.3 Å². The van der Waals surface area contributed by atoms with Crippen molar-refractivity contribution in [3.05, 3.63) is 48.8 Å². The summed E-state index contributed by atoms with van der Waals surface area (Å²) in [5, 5.41) is 0. The van der Waals surface area contributed by atoms with Gasteiger partial charge in [0, 0.05) is 5.56 Å². The molecule has 7 nitrogen and oxygen atoms in total. The standard InChI is InChI=1S/C19H19N3O4/c1-23-13-6-4-5-7-15(13)26-19-17(20)18(21-11-22-19)12-8-9-14(24-2)16(10-12)25-3/h4-11H,20H2,1-3H3. The van der Waals surface area contributed by atoms with E-state index in [9.17, 15) is 0 Å². The Morgan fingerprint density at radius 1 is 0.769 bits per heavy atom. The molecule has 0 saturated heterocycles. The Morgan fingerprint density at radius 3 is 2.12 bits per heavy atom. The summed E-state index contributed by atoms with van der Waals surface area (Å²) in [6, 6.07) is 12.7. The van der Waals surface area contributed by atoms with Gasteiger partial charge in [0.25, 0.3) is 0 Å². The number of ether oxygens (including phenoxy) is 4. The molecule has 3 rings (SSSR count). The number of benzene rings is 2. The van der Waals surface area contributed by atoms with Crippen LogP contribution in [-0.2, 0) is 0 Å². The Bertz CT molecular complexity index is 915. The fraction of sp³-hybridized carbons (Fsp3) is 0.158. The Balaban J connectivity index is 2.00. The van der Waals surface area contributed by atoms with Crippen molar-refractivity contribution in [1.29, 1.82) is 0 Å². The Labute approximate surface area is 151 Å². The first-order valence-corrected chi connectivity index (χ1v) is 7.81. The molecule has 0 saturated carbocycles. The molecule has 3 aromatic rings. The number of hydrogen-bond acceptors (Lipinski definition) is 7. The smallest absolute Gasteiger partial charge is 0.246 e. The topological polar surface area (TPSA) is 88.7 Å². The van der Waals surface area contributed by atoms with Crippen molar-refractivity contribution in [3.8, 4) is 40.1 Å². The van der Waals surface area contributed by atoms with Crippen molar-refractivity contribution in [2.24, 2.45) is 0 Å². The molecular weight excluding hydrogens is 334 g/mol. The Morgan fingerprint density at radius 2 is 1.42 bits per heavy atom. The average molecular weight is 353 g/mol. The molecule has 7 heteroatoms. The molecule has 0 aliphatic carbocycles. The first-order valence-electron chi connectivity index (χ1n) is 7.81. The zero-order chi connectivity index (χ0) is 18.5. The van der Waals surface area contributed by atoms with Crippen molar-refractivity contribution < 1.29 is 18.9 Å². The number of methoxy groups -OCH3 is 3. The molecule has 2 aromatic carbocycles. The molecular formula is C19H19N3O4. The second-order valence-electron chi connectivity index (χ2n) is 5.26. The Hall–Kier alpha value is -3.48. The van der Waals surface area contributed by atoms with E-state index in [4.69, 9.17) is 24.7 Å². The molecule has 0 aliphatic heterocycles. The van der Waals surface area contributed by atoms with Crippen molar-refractivity contribution in [3.63, 3.8) is 0 Å². The molecule has 0 aliphatic rings. The maximum Gasteiger partial charge on any atom is 0.246 e. The molecule has 1 aromatic heterocycles. The fourth-order valence-corrected chi connectivity index (χ4v) is 2.48. The van der Waals surface area contributed by atoms with Gasteiger partial charge < -0.3 is 24.7 Å². The maximum atomic E-state index is 6.25. The summed E-state index contributed by atoms with van der Waals surface area (Å²) >= 11 is 0. The molecule has 0 atom stereocenters. The van der Waals surface area contributed by atoms with Crippen molar-refractivity contribution in [1.82, 2.24) is 9.97 Å². The lowest BCUT2D eigenvalue weighted by atomic mass is 10.1. The molecule has 0 amide bonds. The van der Waals surface area contributed by atoms with Gasteiger partial charge in [-0.1, -0.05) is 12.1 Å². The summed E-state index contributed by atoms with van der Waals surface area (Å²) in [5.41, 5.74) is 7.85. The third kappa shape index (κ3) is 3.32. The first kappa shape index (κ1) is 17.3. The van der Waals surface area contributed by atoms with Crippen LogP contribution in [0.5, 0.6) is 28.9 Å². The highest BCUT2D eigenvalue weighted by Gasteiger charge is 2.15. The fourth-order valence-electron chi connectivity index (χ4n) is 2.48. The summed E-state index contributed by atoms with van der Waals surface area (Å²) in [7, 11) is 4.72. The predicted molar refractivity (Wildman–Crippen MR) is 98.1 cm³/mol. The number of rotatable bonds is 6. The number of nitrogen functional groups attached to an aromatic ring is 1. The Kier molecular flexibility index (Phi) is 5.07. The lowest BCUT2D eigenvalue weighted by Gasteiger charge is -2.13. The van der Waals surface area contributed by atoms with Crippen LogP contribution in [0.4, 0.5) is 5.69 Å². The monoisotopic (exact) mass is 353 g/mol. The van der Waals surface area contributed by atoms with Crippen LogP contribution >= 0.6 is 0 Å². The van der Waals surface area contributed by atoms with Crippen LogP contribution in [0, 0.1) is 0 Å². The van der Waals surface area contributed by atoms with E-state index in [1.54, 1.807) is 45.6 Å². The van der Waals surface area contributed by atoms with E-state index in [2.05, 4.69) is 9.97 Å². The van der Waals surface area contributed by atoms with Gasteiger partial charge in [-0.25, -0.2) is 4.98 Å². The van der Waals surface area contributed by atoms with E-state index in [0.717, 1.165) is 5.56 Å². The highest BCUT2D eigenvalue weighted by atomic mass is 16.5. The minimum absolute atomic E-state index is 0.245. The lowest BCUT2D eigenvalue weighted by molar-refractivity contribution is 0.355. The van der Waals surface area contributed by atoms with E-state index in [0.29, 0.717) is 34.4 Å². The van der Waals surface area contributed by atoms with Crippen LogP contribution in [0.25, 0.3) is 11.3 Å². The molecule has 26 heavy (non-hydrogen) atoms. The van der Waals surface area contributed by atoms with Gasteiger partial charge in [0.15, 0.2) is 23.0 Å². The molecule has 134 valence electrons. The predicted octanol–water partition coefficient (Wildman–Crippen LogP) is 3.54. The van der Waals surface area contributed by atoms with E-state index >= 15 is 0 Å². The van der Waals surface area contributed by atoms with Crippen LogP contribution in [0.15, 0.2) is 48.8 Å². The van der Waals surface area contributed by atoms with Gasteiger partial charge >= 0.3 is 0 Å². The molecule has 0 spiro atoms. The first-order chi connectivity index (χ1) is 12.7. The number of nitrogens with zero attached hydrogens (tertiary/aromatic N) is 2. The SMILES string of the molecule is COc1ccc(-c2ncnc(Oc3ccccc3OC)c2N)cc1OC. The number of para-hydroxylation sites is 2. The van der Waals surface area contributed by atoms with Crippen molar-refractivity contribution in [2.45, 2.75) is 0 Å². The van der Waals surface area contributed by atoms with Gasteiger partial charge in [-0.15, -0.1) is 0 Å². The average Bonchev–Trinajstić information content (AvgIpc) is 2.69. The zero-order valence-corrected chi connectivity index (χ0v) is 14.7. The van der Waals surface area contributed by atoms with Crippen LogP contribution in [0.3, 0.4) is 0 Å². The second kappa shape index (κ2) is 7.60. The highest BCUT2D eigenvalue weighted by molar-refractivity contribution is 5.77. The molecule has 2 N–H and O–H groups in total. The van der Waals surface area contributed by atoms with Crippen molar-refractivity contribution >= 4 is 5.69 Å². The van der Waals surface area contributed by atoms with Gasteiger partial charge in [-0.3, -0.25) is 0 Å². The van der Waals surface area contributed by atoms with E-state index < -0.39 is 0 Å². The van der Waals surface area contributed by atoms with Crippen LogP contribution < -0.4 is 24.7 Å². The largest absolute Gasteiger partial charge is 0.493 e. The number of anilines is 1. The van der Waals surface area contributed by atoms with Crippen LogP contribution in [0.2, 0.25) is 0 Å². The molecule has 0 radical (unpaired) electrons. The van der Waals surface area contributed by atoms with E-state index in [1.807, 2.05) is 18.2 Å². The van der Waals surface area contributed by atoms with Gasteiger partial charge in [0.1, 0.15) is 17.7 Å². The summed E-state index contributed by atoms with van der Waals surface area (Å²) < 4.78 is 21.7. The minimum atomic E-state index is 0.245. The third-order valence-electron chi connectivity index (χ3n) is 3.78. The normalized spacial score (nSPS) is 10.3. The maximum absolute atomic E-state index is 6.25. The second-order valence-corrected chi connectivity index (χ2v) is 5.26. The lowest BCUT2D eigenvalue weighted by Crippen LogP contribution is -2.01. The summed E-state index contributed by atoms with van der Waals surface area (Å²) in [6.07, 6.45) is 1.40. The quantitative estimate of drug-likeness (QED) is 0.725. The van der Waals surface area contributed by atoms with E-state index in [-0.39, 0.29) is 5.88 Å². The molecule has 0 fully saturated rings. The van der Waals surface area contributed by atoms with Gasteiger partial charge in [-0.05, 0) is 30.3 Å². The molecule has 0 bridgehead atoms. The third-order valence-corrected chi connectivity index (χ3v) is 3.78. The van der Waals surface area contributed by atoms with E-state index in [1.165, 1.54) is 6.33 Å². The van der Waals surface area contributed by atoms with Crippen molar-refractivity contribution in [2.75, 3.05) is 27.1 Å². The summed E-state index contributed by atoms with van der Waals surface area (Å²) in [4.78, 5) is 8.42.